The highest BCUT2D eigenvalue weighted by Gasteiger charge is 2.22. The number of amides is 1. The van der Waals surface area contributed by atoms with Crippen LogP contribution in [0.15, 0.2) is 24.4 Å². The molecular formula is C16H17ClFN3O2. The Labute approximate surface area is 138 Å². The molecule has 0 spiro atoms. The van der Waals surface area contributed by atoms with Crippen LogP contribution in [0.4, 0.5) is 4.39 Å². The number of aliphatic hydroxyl groups excluding tert-OH is 1. The van der Waals surface area contributed by atoms with Crippen molar-refractivity contribution in [1.82, 2.24) is 15.1 Å². The number of carbonyl (C=O) groups is 1. The fourth-order valence-corrected chi connectivity index (χ4v) is 2.93. The summed E-state index contributed by atoms with van der Waals surface area (Å²) in [5, 5.41) is 16.5. The zero-order valence-corrected chi connectivity index (χ0v) is 13.2. The van der Waals surface area contributed by atoms with E-state index in [0.29, 0.717) is 11.1 Å². The van der Waals surface area contributed by atoms with E-state index in [0.717, 1.165) is 31.5 Å². The Morgan fingerprint density at radius 1 is 1.48 bits per heavy atom. The van der Waals surface area contributed by atoms with Gasteiger partial charge >= 0.3 is 0 Å². The molecule has 122 valence electrons. The third-order valence-electron chi connectivity index (χ3n) is 4.06. The van der Waals surface area contributed by atoms with Gasteiger partial charge in [0, 0.05) is 6.54 Å². The molecule has 0 saturated heterocycles. The minimum Gasteiger partial charge on any atom is -0.394 e. The zero-order valence-electron chi connectivity index (χ0n) is 12.4. The number of nitrogens with one attached hydrogen (secondary N) is 1. The second-order valence-electron chi connectivity index (χ2n) is 5.57. The van der Waals surface area contributed by atoms with Crippen molar-refractivity contribution in [2.75, 3.05) is 6.61 Å². The minimum atomic E-state index is -0.701. The Balaban J connectivity index is 1.80. The van der Waals surface area contributed by atoms with E-state index < -0.39 is 11.9 Å². The van der Waals surface area contributed by atoms with Gasteiger partial charge in [0.05, 0.1) is 35.1 Å². The highest BCUT2D eigenvalue weighted by atomic mass is 35.5. The highest BCUT2D eigenvalue weighted by molar-refractivity contribution is 6.30. The summed E-state index contributed by atoms with van der Waals surface area (Å²) in [5.74, 6) is -0.901. The second kappa shape index (κ2) is 6.68. The first-order chi connectivity index (χ1) is 11.1. The summed E-state index contributed by atoms with van der Waals surface area (Å²) in [6.45, 7) is 0.477. The molecule has 1 aromatic heterocycles. The average Bonchev–Trinajstić information content (AvgIpc) is 2.99. The van der Waals surface area contributed by atoms with Gasteiger partial charge in [-0.3, -0.25) is 9.48 Å². The van der Waals surface area contributed by atoms with E-state index in [-0.39, 0.29) is 17.5 Å². The number of carbonyl (C=O) groups excluding carboxylic acids is 1. The molecule has 2 heterocycles. The lowest BCUT2D eigenvalue weighted by molar-refractivity contribution is 0.0914. The molecule has 1 aliphatic rings. The Kier molecular flexibility index (Phi) is 4.63. The molecular weight excluding hydrogens is 321 g/mol. The predicted octanol–water partition coefficient (Wildman–Crippen LogP) is 2.48. The molecule has 0 saturated carbocycles. The number of fused-ring (bicyclic) bond motifs is 1. The van der Waals surface area contributed by atoms with Gasteiger partial charge in [-0.1, -0.05) is 17.7 Å². The smallest absolute Gasteiger partial charge is 0.255 e. The van der Waals surface area contributed by atoms with Crippen LogP contribution in [0.25, 0.3) is 0 Å². The average molecular weight is 338 g/mol. The Morgan fingerprint density at radius 2 is 2.30 bits per heavy atom. The van der Waals surface area contributed by atoms with Gasteiger partial charge in [0.1, 0.15) is 5.82 Å². The number of hydrogen-bond acceptors (Lipinski definition) is 3. The number of nitrogens with zero attached hydrogens (tertiary/aromatic N) is 2. The van der Waals surface area contributed by atoms with E-state index in [1.807, 2.05) is 4.68 Å². The molecule has 5 nitrogen and oxygen atoms in total. The lowest BCUT2D eigenvalue weighted by atomic mass is 10.0. The topological polar surface area (TPSA) is 67.2 Å². The Morgan fingerprint density at radius 3 is 3.04 bits per heavy atom. The molecule has 0 fully saturated rings. The molecule has 0 radical (unpaired) electrons. The van der Waals surface area contributed by atoms with Crippen molar-refractivity contribution in [2.24, 2.45) is 0 Å². The van der Waals surface area contributed by atoms with E-state index in [1.165, 1.54) is 12.1 Å². The molecule has 1 atom stereocenters. The van der Waals surface area contributed by atoms with Gasteiger partial charge in [-0.15, -0.1) is 0 Å². The summed E-state index contributed by atoms with van der Waals surface area (Å²) in [6, 6.07) is 3.51. The maximum absolute atomic E-state index is 13.6. The lowest BCUT2D eigenvalue weighted by Gasteiger charge is -2.18. The fraction of sp³-hybridized carbons (Fsp3) is 0.375. The molecule has 1 aromatic carbocycles. The molecule has 0 aliphatic carbocycles. The largest absolute Gasteiger partial charge is 0.394 e. The van der Waals surface area contributed by atoms with E-state index in [2.05, 4.69) is 10.4 Å². The summed E-state index contributed by atoms with van der Waals surface area (Å²) in [7, 11) is 0. The maximum atomic E-state index is 13.6. The van der Waals surface area contributed by atoms with Crippen molar-refractivity contribution in [3.8, 4) is 0 Å². The van der Waals surface area contributed by atoms with E-state index >= 15 is 0 Å². The van der Waals surface area contributed by atoms with Gasteiger partial charge in [0.2, 0.25) is 0 Å². The summed E-state index contributed by atoms with van der Waals surface area (Å²) in [6.07, 6.45) is 4.44. The number of hydrogen-bond donors (Lipinski definition) is 2. The molecule has 0 unspecified atom stereocenters. The SMILES string of the molecule is O=C(N[C@H](CO)c1ccc(Cl)c(F)c1)c1cnn2c1CCCC2. The Hall–Kier alpha value is -1.92. The zero-order chi connectivity index (χ0) is 16.4. The van der Waals surface area contributed by atoms with Crippen LogP contribution in [-0.2, 0) is 13.0 Å². The van der Waals surface area contributed by atoms with Gasteiger partial charge in [-0.25, -0.2) is 4.39 Å². The van der Waals surface area contributed by atoms with Crippen LogP contribution >= 0.6 is 11.6 Å². The van der Waals surface area contributed by atoms with Gasteiger partial charge < -0.3 is 10.4 Å². The van der Waals surface area contributed by atoms with Crippen LogP contribution in [0.1, 0.15) is 40.5 Å². The van der Waals surface area contributed by atoms with Crippen molar-refractivity contribution < 1.29 is 14.3 Å². The van der Waals surface area contributed by atoms with Crippen molar-refractivity contribution in [1.29, 1.82) is 0 Å². The van der Waals surface area contributed by atoms with Crippen molar-refractivity contribution in [3.63, 3.8) is 0 Å². The lowest BCUT2D eigenvalue weighted by Crippen LogP contribution is -2.31. The monoisotopic (exact) mass is 337 g/mol. The second-order valence-corrected chi connectivity index (χ2v) is 5.97. The fourth-order valence-electron chi connectivity index (χ4n) is 2.81. The highest BCUT2D eigenvalue weighted by Crippen LogP contribution is 2.22. The summed E-state index contributed by atoms with van der Waals surface area (Å²) >= 11 is 5.66. The number of aliphatic hydroxyl groups is 1. The van der Waals surface area contributed by atoms with Gasteiger partial charge in [0.25, 0.3) is 5.91 Å². The number of aromatic nitrogens is 2. The van der Waals surface area contributed by atoms with Gasteiger partial charge in [0.15, 0.2) is 0 Å². The molecule has 23 heavy (non-hydrogen) atoms. The molecule has 2 aromatic rings. The molecule has 1 aliphatic heterocycles. The third kappa shape index (κ3) is 3.23. The van der Waals surface area contributed by atoms with Crippen LogP contribution in [-0.4, -0.2) is 27.4 Å². The number of halogens is 2. The number of rotatable bonds is 4. The van der Waals surface area contributed by atoms with E-state index in [4.69, 9.17) is 11.6 Å². The predicted molar refractivity (Wildman–Crippen MR) is 83.9 cm³/mol. The maximum Gasteiger partial charge on any atom is 0.255 e. The van der Waals surface area contributed by atoms with Crippen LogP contribution in [0.3, 0.4) is 0 Å². The molecule has 2 N–H and O–H groups in total. The first kappa shape index (κ1) is 16.0. The van der Waals surface area contributed by atoms with Crippen molar-refractivity contribution >= 4 is 17.5 Å². The van der Waals surface area contributed by atoms with E-state index in [1.54, 1.807) is 12.3 Å². The first-order valence-corrected chi connectivity index (χ1v) is 7.89. The molecule has 1 amide bonds. The number of aryl methyl sites for hydroxylation is 1. The Bertz CT molecular complexity index is 732. The third-order valence-corrected chi connectivity index (χ3v) is 4.37. The summed E-state index contributed by atoms with van der Waals surface area (Å²) < 4.78 is 15.4. The normalized spacial score (nSPS) is 15.1. The molecule has 0 bridgehead atoms. The van der Waals surface area contributed by atoms with Crippen molar-refractivity contribution in [2.45, 2.75) is 31.8 Å². The quantitative estimate of drug-likeness (QED) is 0.900. The standard InChI is InChI=1S/C16H17ClFN3O2/c17-12-5-4-10(7-13(12)18)14(9-22)20-16(23)11-8-19-21-6-2-1-3-15(11)21/h4-5,7-8,14,22H,1-3,6,9H2,(H,20,23)/t14-/m1/s1. The minimum absolute atomic E-state index is 0.00229. The van der Waals surface area contributed by atoms with Gasteiger partial charge in [-0.05, 0) is 37.0 Å². The van der Waals surface area contributed by atoms with Crippen molar-refractivity contribution in [3.05, 3.63) is 52.1 Å². The summed E-state index contributed by atoms with van der Waals surface area (Å²) in [5.41, 5.74) is 1.88. The van der Waals surface area contributed by atoms with Gasteiger partial charge in [-0.2, -0.15) is 5.10 Å². The number of benzene rings is 1. The van der Waals surface area contributed by atoms with Crippen LogP contribution in [0.2, 0.25) is 5.02 Å². The summed E-state index contributed by atoms with van der Waals surface area (Å²) in [4.78, 5) is 12.5. The van der Waals surface area contributed by atoms with Crippen LogP contribution < -0.4 is 5.32 Å². The molecule has 3 rings (SSSR count). The van der Waals surface area contributed by atoms with Crippen LogP contribution in [0, 0.1) is 5.82 Å². The van der Waals surface area contributed by atoms with Crippen LogP contribution in [0.5, 0.6) is 0 Å². The molecule has 7 heteroatoms. The van der Waals surface area contributed by atoms with E-state index in [9.17, 15) is 14.3 Å². The first-order valence-electron chi connectivity index (χ1n) is 7.51.